The fourth-order valence-electron chi connectivity index (χ4n) is 1.93. The lowest BCUT2D eigenvalue weighted by atomic mass is 10.1. The summed E-state index contributed by atoms with van der Waals surface area (Å²) in [5.74, 6) is 0.681. The zero-order valence-electron chi connectivity index (χ0n) is 12.1. The molecule has 0 saturated carbocycles. The van der Waals surface area contributed by atoms with E-state index in [4.69, 9.17) is 0 Å². The van der Waals surface area contributed by atoms with Gasteiger partial charge in [-0.05, 0) is 36.2 Å². The minimum absolute atomic E-state index is 0.0654. The summed E-state index contributed by atoms with van der Waals surface area (Å²) >= 11 is 0. The number of carbonyl (C=O) groups excluding carboxylic acids is 1. The molecule has 1 aromatic carbocycles. The Hall–Kier alpha value is -2.36. The lowest BCUT2D eigenvalue weighted by molar-refractivity contribution is 0.0992. The minimum atomic E-state index is -0.0654. The summed E-state index contributed by atoms with van der Waals surface area (Å²) in [5, 5.41) is 2.93. The van der Waals surface area contributed by atoms with Gasteiger partial charge in [-0.25, -0.2) is 4.98 Å². The van der Waals surface area contributed by atoms with E-state index in [2.05, 4.69) is 17.2 Å². The first-order valence-electron chi connectivity index (χ1n) is 6.66. The van der Waals surface area contributed by atoms with Crippen molar-refractivity contribution in [2.45, 2.75) is 13.3 Å². The topological polar surface area (TPSA) is 45.2 Å². The molecular weight excluding hydrogens is 250 g/mol. The zero-order valence-corrected chi connectivity index (χ0v) is 12.1. The van der Waals surface area contributed by atoms with Gasteiger partial charge < -0.3 is 10.2 Å². The van der Waals surface area contributed by atoms with Crippen molar-refractivity contribution in [1.29, 1.82) is 0 Å². The molecule has 0 aliphatic rings. The van der Waals surface area contributed by atoms with E-state index in [1.54, 1.807) is 37.3 Å². The Bertz CT molecular complexity index is 576. The number of aromatic nitrogens is 1. The predicted octanol–water partition coefficient (Wildman–Crippen LogP) is 2.96. The number of nitrogens with zero attached hydrogens (tertiary/aromatic N) is 2. The van der Waals surface area contributed by atoms with Crippen molar-refractivity contribution in [2.75, 3.05) is 24.3 Å². The molecule has 0 radical (unpaired) electrons. The van der Waals surface area contributed by atoms with E-state index in [1.165, 1.54) is 5.56 Å². The third-order valence-electron chi connectivity index (χ3n) is 3.30. The number of pyridine rings is 1. The van der Waals surface area contributed by atoms with Crippen LogP contribution in [-0.2, 0) is 6.42 Å². The highest BCUT2D eigenvalue weighted by Crippen LogP contribution is 2.17. The highest BCUT2D eigenvalue weighted by atomic mass is 16.2. The van der Waals surface area contributed by atoms with Gasteiger partial charge in [-0.1, -0.05) is 19.1 Å². The second-order valence-electron chi connectivity index (χ2n) is 4.57. The summed E-state index contributed by atoms with van der Waals surface area (Å²) in [4.78, 5) is 18.2. The molecule has 0 bridgehead atoms. The molecule has 1 heterocycles. The molecule has 4 nitrogen and oxygen atoms in total. The van der Waals surface area contributed by atoms with Gasteiger partial charge in [-0.3, -0.25) is 4.79 Å². The Morgan fingerprint density at radius 1 is 1.20 bits per heavy atom. The van der Waals surface area contributed by atoms with Gasteiger partial charge in [0.25, 0.3) is 5.91 Å². The largest absolute Gasteiger partial charge is 0.373 e. The van der Waals surface area contributed by atoms with Crippen LogP contribution in [-0.4, -0.2) is 25.0 Å². The number of aryl methyl sites for hydroxylation is 1. The zero-order chi connectivity index (χ0) is 14.5. The average Bonchev–Trinajstić information content (AvgIpc) is 2.53. The van der Waals surface area contributed by atoms with Crippen molar-refractivity contribution in [3.05, 3.63) is 53.7 Å². The highest BCUT2D eigenvalue weighted by Gasteiger charge is 2.13. The van der Waals surface area contributed by atoms with Crippen LogP contribution in [0.3, 0.4) is 0 Å². The van der Waals surface area contributed by atoms with Gasteiger partial charge in [0, 0.05) is 26.0 Å². The van der Waals surface area contributed by atoms with E-state index in [0.29, 0.717) is 5.56 Å². The van der Waals surface area contributed by atoms with Gasteiger partial charge in [0.2, 0.25) is 0 Å². The molecule has 1 amide bonds. The van der Waals surface area contributed by atoms with Gasteiger partial charge in [0.1, 0.15) is 5.82 Å². The van der Waals surface area contributed by atoms with Crippen molar-refractivity contribution >= 4 is 17.4 Å². The summed E-state index contributed by atoms with van der Waals surface area (Å²) in [6.07, 6.45) is 2.58. The van der Waals surface area contributed by atoms with Crippen molar-refractivity contribution in [1.82, 2.24) is 4.98 Å². The second-order valence-corrected chi connectivity index (χ2v) is 4.57. The number of amides is 1. The van der Waals surface area contributed by atoms with Gasteiger partial charge in [-0.2, -0.15) is 0 Å². The summed E-state index contributed by atoms with van der Waals surface area (Å²) in [5.41, 5.74) is 2.71. The molecule has 2 aromatic rings. The van der Waals surface area contributed by atoms with Crippen LogP contribution in [0.15, 0.2) is 42.6 Å². The maximum Gasteiger partial charge on any atom is 0.259 e. The molecule has 0 unspecified atom stereocenters. The van der Waals surface area contributed by atoms with E-state index in [0.717, 1.165) is 17.9 Å². The molecule has 2 rings (SSSR count). The predicted molar refractivity (Wildman–Crippen MR) is 82.3 cm³/mol. The van der Waals surface area contributed by atoms with Crippen LogP contribution in [0.2, 0.25) is 0 Å². The molecule has 20 heavy (non-hydrogen) atoms. The van der Waals surface area contributed by atoms with Crippen molar-refractivity contribution in [3.8, 4) is 0 Å². The third kappa shape index (κ3) is 2.96. The van der Waals surface area contributed by atoms with Gasteiger partial charge in [-0.15, -0.1) is 0 Å². The molecule has 0 aliphatic carbocycles. The number of carbonyl (C=O) groups is 1. The molecule has 0 fully saturated rings. The maximum absolute atomic E-state index is 12.4. The van der Waals surface area contributed by atoms with Gasteiger partial charge >= 0.3 is 0 Å². The first-order valence-corrected chi connectivity index (χ1v) is 6.66. The van der Waals surface area contributed by atoms with Crippen LogP contribution in [0.4, 0.5) is 11.5 Å². The lowest BCUT2D eigenvalue weighted by Crippen LogP contribution is -2.26. The monoisotopic (exact) mass is 269 g/mol. The minimum Gasteiger partial charge on any atom is -0.373 e. The van der Waals surface area contributed by atoms with Crippen LogP contribution < -0.4 is 10.2 Å². The highest BCUT2D eigenvalue weighted by molar-refractivity contribution is 6.05. The first-order chi connectivity index (χ1) is 9.65. The summed E-state index contributed by atoms with van der Waals surface area (Å²) in [6.45, 7) is 2.11. The second kappa shape index (κ2) is 6.19. The molecule has 1 aromatic heterocycles. The average molecular weight is 269 g/mol. The van der Waals surface area contributed by atoms with Crippen LogP contribution in [0.25, 0.3) is 0 Å². The van der Waals surface area contributed by atoms with E-state index >= 15 is 0 Å². The van der Waals surface area contributed by atoms with E-state index in [-0.39, 0.29) is 5.91 Å². The van der Waals surface area contributed by atoms with Gasteiger partial charge in [0.05, 0.1) is 5.56 Å². The summed E-state index contributed by atoms with van der Waals surface area (Å²) in [7, 11) is 3.57. The molecule has 104 valence electrons. The Morgan fingerprint density at radius 3 is 2.40 bits per heavy atom. The van der Waals surface area contributed by atoms with Crippen LogP contribution >= 0.6 is 0 Å². The van der Waals surface area contributed by atoms with E-state index in [9.17, 15) is 4.79 Å². The number of anilines is 2. The van der Waals surface area contributed by atoms with Crippen LogP contribution in [0.5, 0.6) is 0 Å². The Kier molecular flexibility index (Phi) is 4.35. The smallest absolute Gasteiger partial charge is 0.259 e. The number of benzene rings is 1. The van der Waals surface area contributed by atoms with Crippen LogP contribution in [0.1, 0.15) is 22.8 Å². The first kappa shape index (κ1) is 14.1. The summed E-state index contributed by atoms with van der Waals surface area (Å²) < 4.78 is 0. The summed E-state index contributed by atoms with van der Waals surface area (Å²) in [6, 6.07) is 11.6. The standard InChI is InChI=1S/C16H19N3O/c1-4-12-5-8-14(9-6-12)19(3)16(20)13-7-10-15(17-2)18-11-13/h5-11H,4H2,1-3H3,(H,17,18). The Labute approximate surface area is 119 Å². The SMILES string of the molecule is CCc1ccc(N(C)C(=O)c2ccc(NC)nc2)cc1. The number of nitrogens with one attached hydrogen (secondary N) is 1. The third-order valence-corrected chi connectivity index (χ3v) is 3.30. The van der Waals surface area contributed by atoms with E-state index < -0.39 is 0 Å². The molecular formula is C16H19N3O. The Balaban J connectivity index is 2.17. The number of rotatable bonds is 4. The molecule has 4 heteroatoms. The molecule has 0 aliphatic heterocycles. The van der Waals surface area contributed by atoms with Crippen molar-refractivity contribution < 1.29 is 4.79 Å². The molecule has 0 saturated heterocycles. The molecule has 0 atom stereocenters. The quantitative estimate of drug-likeness (QED) is 0.928. The molecule has 1 N–H and O–H groups in total. The van der Waals surface area contributed by atoms with Crippen molar-refractivity contribution in [3.63, 3.8) is 0 Å². The lowest BCUT2D eigenvalue weighted by Gasteiger charge is -2.17. The van der Waals surface area contributed by atoms with Crippen molar-refractivity contribution in [2.24, 2.45) is 0 Å². The Morgan fingerprint density at radius 2 is 1.90 bits per heavy atom. The van der Waals surface area contributed by atoms with Gasteiger partial charge in [0.15, 0.2) is 0 Å². The maximum atomic E-state index is 12.4. The van der Waals surface area contributed by atoms with E-state index in [1.807, 2.05) is 24.3 Å². The fraction of sp³-hybridized carbons (Fsp3) is 0.250. The fourth-order valence-corrected chi connectivity index (χ4v) is 1.93. The normalized spacial score (nSPS) is 10.2. The van der Waals surface area contributed by atoms with Crippen LogP contribution in [0, 0.1) is 0 Å². The number of hydrogen-bond acceptors (Lipinski definition) is 3. The molecule has 0 spiro atoms. The number of hydrogen-bond donors (Lipinski definition) is 1.